The van der Waals surface area contributed by atoms with Gasteiger partial charge in [-0.3, -0.25) is 9.69 Å². The number of alkyl halides is 3. The smallest absolute Gasteiger partial charge is 0.379 e. The molecule has 39 heavy (non-hydrogen) atoms. The van der Waals surface area contributed by atoms with Gasteiger partial charge in [0.25, 0.3) is 0 Å². The Morgan fingerprint density at radius 1 is 0.923 bits per heavy atom. The van der Waals surface area contributed by atoms with Crippen LogP contribution in [0.15, 0.2) is 63.2 Å². The second kappa shape index (κ2) is 12.5. The maximum atomic E-state index is 13.7. The fourth-order valence-corrected chi connectivity index (χ4v) is 7.38. The molecule has 0 bridgehead atoms. The van der Waals surface area contributed by atoms with Crippen LogP contribution in [0.4, 0.5) is 13.2 Å². The predicted molar refractivity (Wildman–Crippen MR) is 138 cm³/mol. The van der Waals surface area contributed by atoms with Gasteiger partial charge in [0.2, 0.25) is 25.8 Å². The van der Waals surface area contributed by atoms with E-state index in [1.54, 1.807) is 11.0 Å². The molecule has 0 radical (unpaired) electrons. The van der Waals surface area contributed by atoms with E-state index in [1.807, 2.05) is 4.90 Å². The summed E-state index contributed by atoms with van der Waals surface area (Å²) < 4.78 is 101. The molecular formula is C24H29ClF3N3O6S2. The van der Waals surface area contributed by atoms with Crippen LogP contribution in [0.2, 0.25) is 0 Å². The van der Waals surface area contributed by atoms with Gasteiger partial charge in [0.05, 0.1) is 40.0 Å². The molecule has 0 aromatic heterocycles. The number of halogens is 4. The Labute approximate surface area is 231 Å². The molecule has 2 aromatic rings. The Hall–Kier alpha value is -2.23. The van der Waals surface area contributed by atoms with Crippen LogP contribution in [0.5, 0.6) is 0 Å². The number of nitrogens with one attached hydrogen (secondary N) is 1. The predicted octanol–water partition coefficient (Wildman–Crippen LogP) is 2.56. The first-order chi connectivity index (χ1) is 17.9. The molecule has 2 aliphatic rings. The summed E-state index contributed by atoms with van der Waals surface area (Å²) >= 11 is 0. The Morgan fingerprint density at radius 3 is 2.13 bits per heavy atom. The van der Waals surface area contributed by atoms with Crippen molar-refractivity contribution in [2.24, 2.45) is 0 Å². The number of amides is 1. The lowest BCUT2D eigenvalue weighted by Gasteiger charge is -2.34. The zero-order valence-electron chi connectivity index (χ0n) is 20.8. The highest BCUT2D eigenvalue weighted by atomic mass is 35.5. The van der Waals surface area contributed by atoms with Crippen LogP contribution in [0.3, 0.4) is 0 Å². The van der Waals surface area contributed by atoms with E-state index in [0.29, 0.717) is 38.4 Å². The monoisotopic (exact) mass is 611 g/mol. The summed E-state index contributed by atoms with van der Waals surface area (Å²) in [6.45, 7) is 3.08. The average molecular weight is 612 g/mol. The molecule has 2 aromatic carbocycles. The number of carbonyl (C=O) groups is 1. The van der Waals surface area contributed by atoms with E-state index < -0.39 is 47.4 Å². The molecule has 0 aliphatic carbocycles. The molecule has 2 fully saturated rings. The van der Waals surface area contributed by atoms with Gasteiger partial charge in [0.15, 0.2) is 0 Å². The fourth-order valence-electron chi connectivity index (χ4n) is 4.44. The van der Waals surface area contributed by atoms with E-state index in [4.69, 9.17) is 4.74 Å². The van der Waals surface area contributed by atoms with Gasteiger partial charge < -0.3 is 9.64 Å². The second-order valence-electron chi connectivity index (χ2n) is 9.14. The summed E-state index contributed by atoms with van der Waals surface area (Å²) in [6, 6.07) is 8.08. The minimum absolute atomic E-state index is 0. The molecule has 0 atom stereocenters. The maximum absolute atomic E-state index is 13.7. The molecule has 1 amide bonds. The molecular weight excluding hydrogens is 583 g/mol. The van der Waals surface area contributed by atoms with Gasteiger partial charge in [-0.1, -0.05) is 18.2 Å². The van der Waals surface area contributed by atoms with Gasteiger partial charge in [0, 0.05) is 32.2 Å². The van der Waals surface area contributed by atoms with Gasteiger partial charge in [-0.15, -0.1) is 12.4 Å². The lowest BCUT2D eigenvalue weighted by molar-refractivity contribution is -0.140. The SMILES string of the molecule is Cl.O=C(CN1CCOCC1)N1CCC(NS(=O)(=O)c2cc(S(=O)(=O)c3ccccc3)ccc2C(F)(F)F)CC1. The van der Waals surface area contributed by atoms with Crippen molar-refractivity contribution in [3.63, 3.8) is 0 Å². The number of hydrogen-bond acceptors (Lipinski definition) is 7. The topological polar surface area (TPSA) is 113 Å². The minimum Gasteiger partial charge on any atom is -0.379 e. The molecule has 4 rings (SSSR count). The molecule has 216 valence electrons. The molecule has 2 heterocycles. The van der Waals surface area contributed by atoms with Crippen molar-refractivity contribution >= 4 is 38.2 Å². The molecule has 2 saturated heterocycles. The highest BCUT2D eigenvalue weighted by molar-refractivity contribution is 7.91. The summed E-state index contributed by atoms with van der Waals surface area (Å²) in [4.78, 5) is 14.3. The number of likely N-dealkylation sites (tertiary alicyclic amines) is 1. The van der Waals surface area contributed by atoms with Crippen LogP contribution in [0, 0.1) is 0 Å². The van der Waals surface area contributed by atoms with Crippen molar-refractivity contribution in [1.29, 1.82) is 0 Å². The van der Waals surface area contributed by atoms with Crippen LogP contribution in [0.1, 0.15) is 18.4 Å². The Kier molecular flexibility index (Phi) is 10.0. The molecule has 1 N–H and O–H groups in total. The first-order valence-electron chi connectivity index (χ1n) is 12.0. The third kappa shape index (κ3) is 7.50. The number of hydrogen-bond donors (Lipinski definition) is 1. The van der Waals surface area contributed by atoms with Gasteiger partial charge in [0.1, 0.15) is 0 Å². The van der Waals surface area contributed by atoms with Gasteiger partial charge in [-0.2, -0.15) is 13.2 Å². The summed E-state index contributed by atoms with van der Waals surface area (Å²) in [6.07, 6.45) is -4.62. The van der Waals surface area contributed by atoms with E-state index >= 15 is 0 Å². The number of sulfone groups is 1. The van der Waals surface area contributed by atoms with Crippen molar-refractivity contribution in [2.75, 3.05) is 45.9 Å². The van der Waals surface area contributed by atoms with E-state index in [9.17, 15) is 34.8 Å². The van der Waals surface area contributed by atoms with Crippen LogP contribution in [0.25, 0.3) is 0 Å². The van der Waals surface area contributed by atoms with Crippen LogP contribution in [-0.4, -0.2) is 84.5 Å². The first kappa shape index (κ1) is 31.3. The summed E-state index contributed by atoms with van der Waals surface area (Å²) in [5, 5.41) is 0. The van der Waals surface area contributed by atoms with E-state index in [2.05, 4.69) is 4.72 Å². The van der Waals surface area contributed by atoms with E-state index in [-0.39, 0.29) is 55.7 Å². The lowest BCUT2D eigenvalue weighted by Crippen LogP contribution is -2.50. The summed E-state index contributed by atoms with van der Waals surface area (Å²) in [5.74, 6) is -0.105. The molecule has 2 aliphatic heterocycles. The maximum Gasteiger partial charge on any atom is 0.417 e. The van der Waals surface area contributed by atoms with E-state index in [0.717, 1.165) is 6.07 Å². The first-order valence-corrected chi connectivity index (χ1v) is 15.0. The zero-order valence-corrected chi connectivity index (χ0v) is 23.2. The van der Waals surface area contributed by atoms with Crippen molar-refractivity contribution in [2.45, 2.75) is 39.7 Å². The van der Waals surface area contributed by atoms with Crippen LogP contribution in [-0.2, 0) is 35.6 Å². The Morgan fingerprint density at radius 2 is 1.54 bits per heavy atom. The molecule has 0 spiro atoms. The zero-order chi connectivity index (χ0) is 27.6. The molecule has 9 nitrogen and oxygen atoms in total. The second-order valence-corrected chi connectivity index (χ2v) is 12.8. The number of piperidine rings is 1. The quantitative estimate of drug-likeness (QED) is 0.512. The Balaban J connectivity index is 0.00000420. The Bertz CT molecular complexity index is 1360. The highest BCUT2D eigenvalue weighted by Crippen LogP contribution is 2.36. The normalized spacial score (nSPS) is 18.0. The third-order valence-corrected chi connectivity index (χ3v) is 9.87. The number of rotatable bonds is 7. The van der Waals surface area contributed by atoms with Crippen LogP contribution < -0.4 is 4.72 Å². The van der Waals surface area contributed by atoms with Crippen LogP contribution >= 0.6 is 12.4 Å². The van der Waals surface area contributed by atoms with Gasteiger partial charge in [-0.25, -0.2) is 21.6 Å². The third-order valence-electron chi connectivity index (χ3n) is 6.54. The lowest BCUT2D eigenvalue weighted by atomic mass is 10.1. The number of ether oxygens (including phenoxy) is 1. The van der Waals surface area contributed by atoms with Gasteiger partial charge in [-0.05, 0) is 43.2 Å². The molecule has 15 heteroatoms. The minimum atomic E-state index is -5.03. The van der Waals surface area contributed by atoms with E-state index in [1.165, 1.54) is 24.3 Å². The fraction of sp³-hybridized carbons (Fsp3) is 0.458. The van der Waals surface area contributed by atoms with Crippen molar-refractivity contribution in [3.8, 4) is 0 Å². The molecule has 0 unspecified atom stereocenters. The summed E-state index contributed by atoms with van der Waals surface area (Å²) in [7, 11) is -9.02. The molecule has 0 saturated carbocycles. The number of sulfonamides is 1. The number of morpholine rings is 1. The van der Waals surface area contributed by atoms with Gasteiger partial charge >= 0.3 is 6.18 Å². The largest absolute Gasteiger partial charge is 0.417 e. The number of carbonyl (C=O) groups excluding carboxylic acids is 1. The number of benzene rings is 2. The summed E-state index contributed by atoms with van der Waals surface area (Å²) in [5.41, 5.74) is -1.46. The van der Waals surface area contributed by atoms with Crippen molar-refractivity contribution in [3.05, 3.63) is 54.1 Å². The van der Waals surface area contributed by atoms with Crippen molar-refractivity contribution in [1.82, 2.24) is 14.5 Å². The average Bonchev–Trinajstić information content (AvgIpc) is 2.89. The van der Waals surface area contributed by atoms with Crippen molar-refractivity contribution < 1.29 is 39.5 Å². The highest BCUT2D eigenvalue weighted by Gasteiger charge is 2.39. The number of nitrogens with zero attached hydrogens (tertiary/aromatic N) is 2. The standard InChI is InChI=1S/C24H28F3N3O6S2.ClH/c25-24(26,27)21-7-6-20(37(32,33)19-4-2-1-3-5-19)16-22(21)38(34,35)28-18-8-10-30(11-9-18)23(31)17-29-12-14-36-15-13-29;/h1-7,16,18,28H,8-15,17H2;1H.